The molecule has 0 spiro atoms. The molecule has 0 N–H and O–H groups in total. The van der Waals surface area contributed by atoms with E-state index in [1.165, 1.54) is 4.88 Å². The first-order valence-corrected chi connectivity index (χ1v) is 9.10. The number of nitrogens with zero attached hydrogens (tertiary/aromatic N) is 5. The van der Waals surface area contributed by atoms with Gasteiger partial charge >= 0.3 is 0 Å². The van der Waals surface area contributed by atoms with Crippen LogP contribution in [-0.2, 0) is 11.3 Å². The van der Waals surface area contributed by atoms with E-state index >= 15 is 0 Å². The molecule has 0 amide bonds. The first-order valence-electron chi connectivity index (χ1n) is 8.22. The van der Waals surface area contributed by atoms with Gasteiger partial charge in [-0.1, -0.05) is 6.07 Å². The Labute approximate surface area is 146 Å². The van der Waals surface area contributed by atoms with Gasteiger partial charge in [-0.05, 0) is 18.5 Å². The van der Waals surface area contributed by atoms with Crippen molar-refractivity contribution in [3.8, 4) is 6.07 Å². The molecule has 0 radical (unpaired) electrons. The van der Waals surface area contributed by atoms with Crippen LogP contribution < -0.4 is 0 Å². The maximum atomic E-state index is 8.87. The van der Waals surface area contributed by atoms with Crippen LogP contribution in [0.15, 0.2) is 29.9 Å². The summed E-state index contributed by atoms with van der Waals surface area (Å²) in [6, 6.07) is 6.88. The van der Waals surface area contributed by atoms with Gasteiger partial charge in [0.1, 0.15) is 6.07 Å². The lowest BCUT2D eigenvalue weighted by molar-refractivity contribution is 0.00991. The number of aromatic nitrogens is 2. The lowest BCUT2D eigenvalue weighted by Crippen LogP contribution is -2.43. The Bertz CT molecular complexity index is 657. The third-order valence-corrected chi connectivity index (χ3v) is 5.29. The molecule has 1 aliphatic heterocycles. The first kappa shape index (κ1) is 17.1. The molecule has 1 atom stereocenters. The SMILES string of the molecule is CN(CCn1cc(C#N)cn1)C[C@@H](c1cccs1)N1CCOCC1. The van der Waals surface area contributed by atoms with Crippen LogP contribution in [0.1, 0.15) is 16.5 Å². The van der Waals surface area contributed by atoms with Crippen molar-refractivity contribution in [3.05, 3.63) is 40.3 Å². The van der Waals surface area contributed by atoms with E-state index in [2.05, 4.69) is 45.5 Å². The molecule has 2 aromatic rings. The number of hydrogen-bond donors (Lipinski definition) is 0. The Morgan fingerprint density at radius 1 is 1.46 bits per heavy atom. The minimum absolute atomic E-state index is 0.409. The van der Waals surface area contributed by atoms with Crippen LogP contribution in [0.2, 0.25) is 0 Å². The number of thiophene rings is 1. The molecule has 0 bridgehead atoms. The van der Waals surface area contributed by atoms with Gasteiger partial charge < -0.3 is 9.64 Å². The molecule has 7 heteroatoms. The normalized spacial score (nSPS) is 17.0. The Morgan fingerprint density at radius 2 is 2.29 bits per heavy atom. The van der Waals surface area contributed by atoms with Gasteiger partial charge in [0.15, 0.2) is 0 Å². The van der Waals surface area contributed by atoms with Crippen LogP contribution >= 0.6 is 11.3 Å². The van der Waals surface area contributed by atoms with Gasteiger partial charge in [-0.25, -0.2) is 0 Å². The second-order valence-corrected chi connectivity index (χ2v) is 7.02. The lowest BCUT2D eigenvalue weighted by atomic mass is 10.1. The summed E-state index contributed by atoms with van der Waals surface area (Å²) in [5.41, 5.74) is 0.613. The predicted octanol–water partition coefficient (Wildman–Crippen LogP) is 1.82. The Kier molecular flexibility index (Phi) is 5.99. The predicted molar refractivity (Wildman–Crippen MR) is 93.9 cm³/mol. The number of morpholine rings is 1. The van der Waals surface area contributed by atoms with Crippen LogP contribution in [-0.4, -0.2) is 66.0 Å². The largest absolute Gasteiger partial charge is 0.379 e. The molecule has 1 aliphatic rings. The van der Waals surface area contributed by atoms with Crippen molar-refractivity contribution < 1.29 is 4.74 Å². The topological polar surface area (TPSA) is 57.3 Å². The lowest BCUT2D eigenvalue weighted by Gasteiger charge is -2.36. The summed E-state index contributed by atoms with van der Waals surface area (Å²) in [5.74, 6) is 0. The molecule has 128 valence electrons. The summed E-state index contributed by atoms with van der Waals surface area (Å²) < 4.78 is 7.34. The zero-order valence-electron chi connectivity index (χ0n) is 14.0. The maximum absolute atomic E-state index is 8.87. The molecule has 0 aliphatic carbocycles. The Morgan fingerprint density at radius 3 is 2.96 bits per heavy atom. The van der Waals surface area contributed by atoms with E-state index in [4.69, 9.17) is 10.00 Å². The summed E-state index contributed by atoms with van der Waals surface area (Å²) in [4.78, 5) is 6.27. The Hall–Kier alpha value is -1.72. The van der Waals surface area contributed by atoms with Gasteiger partial charge in [0, 0.05) is 37.3 Å². The van der Waals surface area contributed by atoms with Crippen LogP contribution in [0.4, 0.5) is 0 Å². The second-order valence-electron chi connectivity index (χ2n) is 6.05. The summed E-state index contributed by atoms with van der Waals surface area (Å²) >= 11 is 1.82. The van der Waals surface area contributed by atoms with Crippen molar-refractivity contribution in [2.75, 3.05) is 46.4 Å². The molecule has 3 rings (SSSR count). The zero-order chi connectivity index (χ0) is 16.8. The second kappa shape index (κ2) is 8.40. The van der Waals surface area contributed by atoms with Gasteiger partial charge in [0.25, 0.3) is 0 Å². The van der Waals surface area contributed by atoms with E-state index in [9.17, 15) is 0 Å². The molecular formula is C17H23N5OS. The van der Waals surface area contributed by atoms with Crippen molar-refractivity contribution in [1.82, 2.24) is 19.6 Å². The first-order chi connectivity index (χ1) is 11.8. The molecular weight excluding hydrogens is 322 g/mol. The molecule has 0 unspecified atom stereocenters. The molecule has 6 nitrogen and oxygen atoms in total. The quantitative estimate of drug-likeness (QED) is 0.766. The standard InChI is InChI=1S/C17H23N5OS/c1-20(4-5-22-13-15(11-18)12-19-22)14-16(17-3-2-10-24-17)21-6-8-23-9-7-21/h2-3,10,12-13,16H,4-9,14H2,1H3/t16-/m0/s1. The average Bonchev–Trinajstić information content (AvgIpc) is 3.30. The molecule has 0 saturated carbocycles. The van der Waals surface area contributed by atoms with E-state index in [1.807, 2.05) is 16.0 Å². The van der Waals surface area contributed by atoms with Crippen molar-refractivity contribution in [3.63, 3.8) is 0 Å². The van der Waals surface area contributed by atoms with Crippen molar-refractivity contribution in [2.45, 2.75) is 12.6 Å². The van der Waals surface area contributed by atoms with E-state index in [-0.39, 0.29) is 0 Å². The fourth-order valence-corrected chi connectivity index (χ4v) is 3.81. The van der Waals surface area contributed by atoms with Crippen molar-refractivity contribution >= 4 is 11.3 Å². The summed E-state index contributed by atoms with van der Waals surface area (Å²) in [7, 11) is 2.15. The molecule has 24 heavy (non-hydrogen) atoms. The van der Waals surface area contributed by atoms with Crippen LogP contribution in [0, 0.1) is 11.3 Å². The molecule has 2 aromatic heterocycles. The fourth-order valence-electron chi connectivity index (χ4n) is 2.96. The van der Waals surface area contributed by atoms with E-state index in [0.717, 1.165) is 45.9 Å². The summed E-state index contributed by atoms with van der Waals surface area (Å²) in [5, 5.41) is 15.2. The number of ether oxygens (including phenoxy) is 1. The number of nitriles is 1. The highest BCUT2D eigenvalue weighted by atomic mass is 32.1. The van der Waals surface area contributed by atoms with Gasteiger partial charge in [-0.3, -0.25) is 9.58 Å². The highest BCUT2D eigenvalue weighted by molar-refractivity contribution is 7.10. The smallest absolute Gasteiger partial charge is 0.102 e. The molecule has 3 heterocycles. The number of hydrogen-bond acceptors (Lipinski definition) is 6. The third kappa shape index (κ3) is 4.42. The van der Waals surface area contributed by atoms with Crippen LogP contribution in [0.3, 0.4) is 0 Å². The van der Waals surface area contributed by atoms with Crippen LogP contribution in [0.5, 0.6) is 0 Å². The monoisotopic (exact) mass is 345 g/mol. The van der Waals surface area contributed by atoms with E-state index in [1.54, 1.807) is 12.4 Å². The van der Waals surface area contributed by atoms with Crippen molar-refractivity contribution in [2.24, 2.45) is 0 Å². The minimum Gasteiger partial charge on any atom is -0.379 e. The van der Waals surface area contributed by atoms with Gasteiger partial charge in [-0.15, -0.1) is 11.3 Å². The molecule has 1 saturated heterocycles. The third-order valence-electron chi connectivity index (χ3n) is 4.32. The average molecular weight is 345 g/mol. The fraction of sp³-hybridized carbons (Fsp3) is 0.529. The maximum Gasteiger partial charge on any atom is 0.102 e. The van der Waals surface area contributed by atoms with Gasteiger partial charge in [0.05, 0.1) is 37.6 Å². The summed E-state index contributed by atoms with van der Waals surface area (Å²) in [6.45, 7) is 6.28. The van der Waals surface area contributed by atoms with Crippen LogP contribution in [0.25, 0.3) is 0 Å². The zero-order valence-corrected chi connectivity index (χ0v) is 14.8. The van der Waals surface area contributed by atoms with Gasteiger partial charge in [0.2, 0.25) is 0 Å². The molecule has 1 fully saturated rings. The van der Waals surface area contributed by atoms with Gasteiger partial charge in [-0.2, -0.15) is 10.4 Å². The minimum atomic E-state index is 0.409. The highest BCUT2D eigenvalue weighted by Gasteiger charge is 2.24. The van der Waals surface area contributed by atoms with E-state index < -0.39 is 0 Å². The van der Waals surface area contributed by atoms with Crippen molar-refractivity contribution in [1.29, 1.82) is 5.26 Å². The summed E-state index contributed by atoms with van der Waals surface area (Å²) in [6.07, 6.45) is 3.41. The number of likely N-dealkylation sites (N-methyl/N-ethyl adjacent to an activating group) is 1. The molecule has 0 aromatic carbocycles. The number of rotatable bonds is 7. The Balaban J connectivity index is 1.58. The van der Waals surface area contributed by atoms with E-state index in [0.29, 0.717) is 11.6 Å². The highest BCUT2D eigenvalue weighted by Crippen LogP contribution is 2.26.